The van der Waals surface area contributed by atoms with E-state index >= 15 is 0 Å². The summed E-state index contributed by atoms with van der Waals surface area (Å²) in [6, 6.07) is 4.70. The molecule has 6 heteroatoms. The third-order valence-electron chi connectivity index (χ3n) is 2.74. The summed E-state index contributed by atoms with van der Waals surface area (Å²) >= 11 is 3.04. The van der Waals surface area contributed by atoms with Gasteiger partial charge in [-0.2, -0.15) is 0 Å². The van der Waals surface area contributed by atoms with E-state index in [0.717, 1.165) is 32.1 Å². The normalized spacial score (nSPS) is 11.5. The summed E-state index contributed by atoms with van der Waals surface area (Å²) in [5, 5.41) is 3.33. The van der Waals surface area contributed by atoms with Crippen molar-refractivity contribution in [3.63, 3.8) is 0 Å². The zero-order valence-corrected chi connectivity index (χ0v) is 11.5. The van der Waals surface area contributed by atoms with E-state index in [4.69, 9.17) is 0 Å². The van der Waals surface area contributed by atoms with Gasteiger partial charge in [0.05, 0.1) is 5.39 Å². The van der Waals surface area contributed by atoms with E-state index in [0.29, 0.717) is 0 Å². The van der Waals surface area contributed by atoms with Gasteiger partial charge >= 0.3 is 0 Å². The molecule has 0 unspecified atom stereocenters. The molecule has 0 radical (unpaired) electrons. The van der Waals surface area contributed by atoms with Gasteiger partial charge in [-0.3, -0.25) is 0 Å². The molecule has 18 heavy (non-hydrogen) atoms. The van der Waals surface area contributed by atoms with Crippen molar-refractivity contribution in [3.05, 3.63) is 24.0 Å². The summed E-state index contributed by atoms with van der Waals surface area (Å²) in [6.07, 6.45) is 3.90. The predicted molar refractivity (Wildman–Crippen MR) is 74.9 cm³/mol. The first-order valence-corrected chi connectivity index (χ1v) is 7.75. The smallest absolute Gasteiger partial charge is 0.190 e. The molecule has 0 aliphatic carbocycles. The monoisotopic (exact) mass is 279 g/mol. The van der Waals surface area contributed by atoms with Crippen LogP contribution in [0.2, 0.25) is 0 Å². The number of aromatic nitrogens is 3. The molecule has 0 amide bonds. The van der Waals surface area contributed by atoms with Crippen LogP contribution in [0.1, 0.15) is 0 Å². The summed E-state index contributed by atoms with van der Waals surface area (Å²) < 4.78 is 13.4. The minimum absolute atomic E-state index is 0.246. The van der Waals surface area contributed by atoms with Crippen LogP contribution in [0, 0.1) is 5.82 Å². The highest BCUT2D eigenvalue weighted by Crippen LogP contribution is 2.32. The summed E-state index contributed by atoms with van der Waals surface area (Å²) in [6.45, 7) is 0. The SMILES string of the molecule is CSc1nc(SC)c2c(n1)[nH]c1ccc(F)cc12. The standard InChI is InChI=1S/C12H10FN3S2/c1-17-11-9-7-5-6(13)3-4-8(7)14-10(9)15-12(16-11)18-2/h3-5H,1-2H3,(H,14,15,16). The molecule has 0 spiro atoms. The number of nitrogens with one attached hydrogen (secondary N) is 1. The second kappa shape index (κ2) is 4.44. The van der Waals surface area contributed by atoms with Gasteiger partial charge in [-0.25, -0.2) is 14.4 Å². The van der Waals surface area contributed by atoms with Crippen LogP contribution in [0.5, 0.6) is 0 Å². The lowest BCUT2D eigenvalue weighted by molar-refractivity contribution is 0.630. The van der Waals surface area contributed by atoms with Gasteiger partial charge < -0.3 is 4.98 Å². The second-order valence-electron chi connectivity index (χ2n) is 3.76. The molecular weight excluding hydrogens is 269 g/mol. The van der Waals surface area contributed by atoms with Gasteiger partial charge in [0.2, 0.25) is 0 Å². The van der Waals surface area contributed by atoms with E-state index in [-0.39, 0.29) is 5.82 Å². The lowest BCUT2D eigenvalue weighted by atomic mass is 10.2. The molecule has 2 aromatic heterocycles. The van der Waals surface area contributed by atoms with E-state index in [1.54, 1.807) is 17.8 Å². The van der Waals surface area contributed by atoms with Crippen molar-refractivity contribution in [1.82, 2.24) is 15.0 Å². The molecule has 1 aromatic carbocycles. The maximum atomic E-state index is 13.4. The highest BCUT2D eigenvalue weighted by atomic mass is 32.2. The number of aromatic amines is 1. The van der Waals surface area contributed by atoms with Gasteiger partial charge in [0, 0.05) is 10.9 Å². The Morgan fingerprint density at radius 1 is 1.17 bits per heavy atom. The van der Waals surface area contributed by atoms with Crippen LogP contribution < -0.4 is 0 Å². The first-order chi connectivity index (χ1) is 8.72. The number of halogens is 1. The van der Waals surface area contributed by atoms with Crippen molar-refractivity contribution in [3.8, 4) is 0 Å². The Kier molecular flexibility index (Phi) is 2.91. The van der Waals surface area contributed by atoms with E-state index in [9.17, 15) is 4.39 Å². The Labute approximate surface area is 112 Å². The molecule has 1 N–H and O–H groups in total. The molecule has 3 rings (SSSR count). The van der Waals surface area contributed by atoms with E-state index in [1.807, 2.05) is 12.5 Å². The molecule has 0 aliphatic rings. The summed E-state index contributed by atoms with van der Waals surface area (Å²) in [4.78, 5) is 12.1. The van der Waals surface area contributed by atoms with Crippen LogP contribution in [0.25, 0.3) is 21.9 Å². The molecule has 3 nitrogen and oxygen atoms in total. The summed E-state index contributed by atoms with van der Waals surface area (Å²) in [5.74, 6) is -0.246. The van der Waals surface area contributed by atoms with Crippen molar-refractivity contribution in [2.24, 2.45) is 0 Å². The van der Waals surface area contributed by atoms with Gasteiger partial charge in [-0.15, -0.1) is 11.8 Å². The lowest BCUT2D eigenvalue weighted by Crippen LogP contribution is -1.89. The van der Waals surface area contributed by atoms with Crippen molar-refractivity contribution in [2.75, 3.05) is 12.5 Å². The van der Waals surface area contributed by atoms with Crippen LogP contribution in [0.15, 0.2) is 28.4 Å². The number of H-pyrrole nitrogens is 1. The van der Waals surface area contributed by atoms with Gasteiger partial charge in [0.15, 0.2) is 5.16 Å². The highest BCUT2D eigenvalue weighted by Gasteiger charge is 2.13. The Bertz CT molecular complexity index is 739. The molecule has 2 heterocycles. The Balaban J connectivity index is 2.47. The fourth-order valence-corrected chi connectivity index (χ4v) is 2.96. The molecule has 92 valence electrons. The lowest BCUT2D eigenvalue weighted by Gasteiger charge is -2.01. The molecule has 0 saturated carbocycles. The first-order valence-electron chi connectivity index (χ1n) is 5.30. The van der Waals surface area contributed by atoms with Crippen molar-refractivity contribution in [2.45, 2.75) is 10.2 Å². The Morgan fingerprint density at radius 3 is 2.72 bits per heavy atom. The molecule has 0 bridgehead atoms. The number of thioether (sulfide) groups is 2. The number of fused-ring (bicyclic) bond motifs is 3. The van der Waals surface area contributed by atoms with Crippen molar-refractivity contribution >= 4 is 45.5 Å². The number of rotatable bonds is 2. The average Bonchev–Trinajstić information content (AvgIpc) is 2.75. The maximum Gasteiger partial charge on any atom is 0.190 e. The molecule has 0 fully saturated rings. The topological polar surface area (TPSA) is 41.6 Å². The quantitative estimate of drug-likeness (QED) is 0.441. The minimum Gasteiger partial charge on any atom is -0.339 e. The predicted octanol–water partition coefficient (Wildman–Crippen LogP) is 3.69. The molecular formula is C12H10FN3S2. The number of nitrogens with zero attached hydrogens (tertiary/aromatic N) is 2. The molecule has 0 saturated heterocycles. The third-order valence-corrected chi connectivity index (χ3v) is 3.97. The number of hydrogen-bond donors (Lipinski definition) is 1. The first kappa shape index (κ1) is 11.8. The Morgan fingerprint density at radius 2 is 2.00 bits per heavy atom. The fourth-order valence-electron chi connectivity index (χ4n) is 1.95. The number of benzene rings is 1. The van der Waals surface area contributed by atoms with E-state index in [2.05, 4.69) is 15.0 Å². The highest BCUT2D eigenvalue weighted by molar-refractivity contribution is 7.99. The van der Waals surface area contributed by atoms with Crippen LogP contribution >= 0.6 is 23.5 Å². The third kappa shape index (κ3) is 1.76. The largest absolute Gasteiger partial charge is 0.339 e. The summed E-state index contributed by atoms with van der Waals surface area (Å²) in [5.41, 5.74) is 1.65. The fraction of sp³-hybridized carbons (Fsp3) is 0.167. The summed E-state index contributed by atoms with van der Waals surface area (Å²) in [7, 11) is 0. The zero-order valence-electron chi connectivity index (χ0n) is 9.82. The maximum absolute atomic E-state index is 13.4. The van der Waals surface area contributed by atoms with Gasteiger partial charge in [-0.1, -0.05) is 11.8 Å². The van der Waals surface area contributed by atoms with E-state index in [1.165, 1.54) is 23.9 Å². The molecule has 0 aliphatic heterocycles. The Hall–Kier alpha value is -1.27. The van der Waals surface area contributed by atoms with E-state index < -0.39 is 0 Å². The average molecular weight is 279 g/mol. The van der Waals surface area contributed by atoms with Crippen LogP contribution in [-0.4, -0.2) is 27.5 Å². The van der Waals surface area contributed by atoms with Crippen LogP contribution in [0.4, 0.5) is 4.39 Å². The van der Waals surface area contributed by atoms with Gasteiger partial charge in [0.25, 0.3) is 0 Å². The second-order valence-corrected chi connectivity index (χ2v) is 5.33. The van der Waals surface area contributed by atoms with Crippen molar-refractivity contribution < 1.29 is 4.39 Å². The minimum atomic E-state index is -0.246. The molecule has 0 atom stereocenters. The molecule has 3 aromatic rings. The van der Waals surface area contributed by atoms with Crippen molar-refractivity contribution in [1.29, 1.82) is 0 Å². The van der Waals surface area contributed by atoms with Crippen LogP contribution in [-0.2, 0) is 0 Å². The zero-order chi connectivity index (χ0) is 12.7. The van der Waals surface area contributed by atoms with Gasteiger partial charge in [-0.05, 0) is 30.7 Å². The van der Waals surface area contributed by atoms with Gasteiger partial charge in [0.1, 0.15) is 16.5 Å². The van der Waals surface area contributed by atoms with Crippen LogP contribution in [0.3, 0.4) is 0 Å². The number of hydrogen-bond acceptors (Lipinski definition) is 4.